The van der Waals surface area contributed by atoms with Crippen molar-refractivity contribution in [3.63, 3.8) is 0 Å². The summed E-state index contributed by atoms with van der Waals surface area (Å²) in [6, 6.07) is 0.365. The molecule has 0 saturated carbocycles. The van der Waals surface area contributed by atoms with Crippen molar-refractivity contribution in [2.24, 2.45) is 0 Å². The number of halogens is 2. The molecular formula is C10H14ClIN6. The molecule has 3 rings (SSSR count). The zero-order valence-electron chi connectivity index (χ0n) is 9.64. The van der Waals surface area contributed by atoms with Crippen LogP contribution in [0.25, 0.3) is 11.0 Å². The van der Waals surface area contributed by atoms with E-state index in [1.807, 2.05) is 4.68 Å². The van der Waals surface area contributed by atoms with Crippen LogP contribution < -0.4 is 11.1 Å². The Labute approximate surface area is 124 Å². The quantitative estimate of drug-likeness (QED) is 0.730. The SMILES string of the molecule is Cl.Nc1ncnc2c1c(I)nn2C1CCCNC1. The molecule has 0 aromatic carbocycles. The highest BCUT2D eigenvalue weighted by molar-refractivity contribution is 14.1. The van der Waals surface area contributed by atoms with Crippen molar-refractivity contribution in [1.29, 1.82) is 0 Å². The van der Waals surface area contributed by atoms with E-state index in [0.717, 1.165) is 34.2 Å². The minimum atomic E-state index is 0. The largest absolute Gasteiger partial charge is 0.383 e. The van der Waals surface area contributed by atoms with Crippen LogP contribution in [0.15, 0.2) is 6.33 Å². The van der Waals surface area contributed by atoms with E-state index in [1.165, 1.54) is 12.7 Å². The van der Waals surface area contributed by atoms with Crippen LogP contribution in [0.4, 0.5) is 5.82 Å². The molecule has 1 unspecified atom stereocenters. The highest BCUT2D eigenvalue weighted by Crippen LogP contribution is 2.27. The van der Waals surface area contributed by atoms with Crippen LogP contribution in [0.2, 0.25) is 0 Å². The number of anilines is 1. The predicted molar refractivity (Wildman–Crippen MR) is 80.8 cm³/mol. The number of aromatic nitrogens is 4. The molecule has 3 heterocycles. The summed E-state index contributed by atoms with van der Waals surface area (Å²) in [5.74, 6) is 0.509. The molecule has 2 aromatic rings. The van der Waals surface area contributed by atoms with E-state index in [2.05, 4.69) is 43.0 Å². The molecule has 0 aliphatic carbocycles. The van der Waals surface area contributed by atoms with Crippen LogP contribution in [0, 0.1) is 3.70 Å². The van der Waals surface area contributed by atoms with Crippen molar-refractivity contribution in [1.82, 2.24) is 25.1 Å². The van der Waals surface area contributed by atoms with Crippen LogP contribution in [0.3, 0.4) is 0 Å². The molecule has 0 radical (unpaired) electrons. The lowest BCUT2D eigenvalue weighted by molar-refractivity contribution is 0.352. The van der Waals surface area contributed by atoms with Crippen LogP contribution in [-0.4, -0.2) is 32.8 Å². The molecule has 1 atom stereocenters. The van der Waals surface area contributed by atoms with Crippen molar-refractivity contribution >= 4 is 51.8 Å². The molecule has 0 bridgehead atoms. The lowest BCUT2D eigenvalue weighted by Gasteiger charge is -2.23. The third-order valence-corrected chi connectivity index (χ3v) is 3.85. The van der Waals surface area contributed by atoms with Gasteiger partial charge in [0.2, 0.25) is 0 Å². The van der Waals surface area contributed by atoms with Gasteiger partial charge < -0.3 is 11.1 Å². The molecule has 1 fully saturated rings. The normalized spacial score (nSPS) is 19.7. The fourth-order valence-corrected chi connectivity index (χ4v) is 3.00. The molecule has 6 nitrogen and oxygen atoms in total. The Kier molecular flexibility index (Phi) is 4.23. The van der Waals surface area contributed by atoms with E-state index in [0.29, 0.717) is 11.9 Å². The third kappa shape index (κ3) is 2.26. The van der Waals surface area contributed by atoms with Gasteiger partial charge in [0.25, 0.3) is 0 Å². The number of hydrogen-bond acceptors (Lipinski definition) is 5. The zero-order chi connectivity index (χ0) is 11.8. The van der Waals surface area contributed by atoms with E-state index in [1.54, 1.807) is 0 Å². The number of fused-ring (bicyclic) bond motifs is 1. The van der Waals surface area contributed by atoms with E-state index in [-0.39, 0.29) is 12.4 Å². The average molecular weight is 381 g/mol. The zero-order valence-corrected chi connectivity index (χ0v) is 12.6. The first kappa shape index (κ1) is 13.8. The number of nitrogens with one attached hydrogen (secondary N) is 1. The van der Waals surface area contributed by atoms with E-state index < -0.39 is 0 Å². The van der Waals surface area contributed by atoms with Gasteiger partial charge in [0.1, 0.15) is 15.8 Å². The Bertz CT molecular complexity index is 551. The predicted octanol–water partition coefficient (Wildman–Crippen LogP) is 1.36. The summed E-state index contributed by atoms with van der Waals surface area (Å²) < 4.78 is 2.86. The standard InChI is InChI=1S/C10H13IN6.ClH/c11-8-7-9(12)14-5-15-10(7)17(16-8)6-2-1-3-13-4-6;/h5-6,13H,1-4H2,(H2,12,14,15);1H. The Morgan fingerprint density at radius 1 is 1.44 bits per heavy atom. The fourth-order valence-electron chi connectivity index (χ4n) is 2.25. The number of rotatable bonds is 1. The Balaban J connectivity index is 0.00000120. The smallest absolute Gasteiger partial charge is 0.164 e. The Hall–Kier alpha value is -0.670. The summed E-state index contributed by atoms with van der Waals surface area (Å²) in [5.41, 5.74) is 6.72. The van der Waals surface area contributed by atoms with Gasteiger partial charge in [0.15, 0.2) is 5.65 Å². The second kappa shape index (κ2) is 5.54. The molecule has 8 heteroatoms. The molecule has 0 spiro atoms. The summed E-state index contributed by atoms with van der Waals surface area (Å²) >= 11 is 2.19. The van der Waals surface area contributed by atoms with Crippen molar-refractivity contribution in [2.45, 2.75) is 18.9 Å². The molecule has 3 N–H and O–H groups in total. The van der Waals surface area contributed by atoms with E-state index in [4.69, 9.17) is 5.73 Å². The van der Waals surface area contributed by atoms with Gasteiger partial charge in [-0.1, -0.05) is 0 Å². The lowest BCUT2D eigenvalue weighted by atomic mass is 10.1. The lowest BCUT2D eigenvalue weighted by Crippen LogP contribution is -2.32. The summed E-state index contributed by atoms with van der Waals surface area (Å²) in [7, 11) is 0. The summed E-state index contributed by atoms with van der Waals surface area (Å²) in [6.45, 7) is 2.03. The monoisotopic (exact) mass is 380 g/mol. The number of nitrogens with zero attached hydrogens (tertiary/aromatic N) is 4. The van der Waals surface area contributed by atoms with Gasteiger partial charge in [-0.05, 0) is 42.0 Å². The van der Waals surface area contributed by atoms with Gasteiger partial charge in [0.05, 0.1) is 11.4 Å². The summed E-state index contributed by atoms with van der Waals surface area (Å²) in [4.78, 5) is 8.33. The van der Waals surface area contributed by atoms with Gasteiger partial charge in [-0.2, -0.15) is 5.10 Å². The molecule has 1 aliphatic rings. The topological polar surface area (TPSA) is 81.7 Å². The third-order valence-electron chi connectivity index (χ3n) is 3.09. The molecule has 0 amide bonds. The number of nitrogen functional groups attached to an aromatic ring is 1. The van der Waals surface area contributed by atoms with E-state index in [9.17, 15) is 0 Å². The molecule has 2 aromatic heterocycles. The Morgan fingerprint density at radius 2 is 2.28 bits per heavy atom. The fraction of sp³-hybridized carbons (Fsp3) is 0.500. The minimum Gasteiger partial charge on any atom is -0.383 e. The van der Waals surface area contributed by atoms with Crippen molar-refractivity contribution < 1.29 is 0 Å². The first-order chi connectivity index (χ1) is 8.27. The molecule has 1 saturated heterocycles. The van der Waals surface area contributed by atoms with Crippen LogP contribution in [-0.2, 0) is 0 Å². The van der Waals surface area contributed by atoms with Gasteiger partial charge in [-0.25, -0.2) is 14.6 Å². The highest BCUT2D eigenvalue weighted by atomic mass is 127. The summed E-state index contributed by atoms with van der Waals surface area (Å²) in [6.07, 6.45) is 3.80. The van der Waals surface area contributed by atoms with Gasteiger partial charge in [0, 0.05) is 6.54 Å². The number of hydrogen-bond donors (Lipinski definition) is 2. The number of piperidine rings is 1. The summed E-state index contributed by atoms with van der Waals surface area (Å²) in [5, 5.41) is 8.81. The van der Waals surface area contributed by atoms with Crippen LogP contribution in [0.5, 0.6) is 0 Å². The van der Waals surface area contributed by atoms with Crippen LogP contribution in [0.1, 0.15) is 18.9 Å². The average Bonchev–Trinajstić information content (AvgIpc) is 2.69. The maximum absolute atomic E-state index is 5.88. The maximum Gasteiger partial charge on any atom is 0.164 e. The van der Waals surface area contributed by atoms with E-state index >= 15 is 0 Å². The Morgan fingerprint density at radius 3 is 3.00 bits per heavy atom. The van der Waals surface area contributed by atoms with Gasteiger partial charge in [-0.15, -0.1) is 12.4 Å². The van der Waals surface area contributed by atoms with Gasteiger partial charge >= 0.3 is 0 Å². The molecule has 18 heavy (non-hydrogen) atoms. The number of nitrogens with two attached hydrogens (primary N) is 1. The first-order valence-electron chi connectivity index (χ1n) is 5.62. The minimum absolute atomic E-state index is 0. The molecule has 98 valence electrons. The maximum atomic E-state index is 5.88. The second-order valence-electron chi connectivity index (χ2n) is 4.19. The molecule has 1 aliphatic heterocycles. The van der Waals surface area contributed by atoms with Crippen molar-refractivity contribution in [3.8, 4) is 0 Å². The first-order valence-corrected chi connectivity index (χ1v) is 6.70. The second-order valence-corrected chi connectivity index (χ2v) is 5.21. The van der Waals surface area contributed by atoms with Crippen molar-refractivity contribution in [3.05, 3.63) is 10.0 Å². The highest BCUT2D eigenvalue weighted by Gasteiger charge is 2.21. The van der Waals surface area contributed by atoms with Crippen molar-refractivity contribution in [2.75, 3.05) is 18.8 Å². The molecular weight excluding hydrogens is 367 g/mol. The van der Waals surface area contributed by atoms with Crippen LogP contribution >= 0.6 is 35.0 Å². The van der Waals surface area contributed by atoms with Gasteiger partial charge in [-0.3, -0.25) is 0 Å².